The van der Waals surface area contributed by atoms with Gasteiger partial charge in [0.1, 0.15) is 12.4 Å². The molecule has 5 heteroatoms. The highest BCUT2D eigenvalue weighted by atomic mass is 79.9. The molecule has 1 aromatic carbocycles. The number of hydrogen-bond acceptors (Lipinski definition) is 4. The van der Waals surface area contributed by atoms with Gasteiger partial charge in [0.25, 0.3) is 0 Å². The number of rotatable bonds is 5. The van der Waals surface area contributed by atoms with Gasteiger partial charge in [-0.25, -0.2) is 4.98 Å². The van der Waals surface area contributed by atoms with Gasteiger partial charge in [0.2, 0.25) is 0 Å². The minimum atomic E-state index is 0.350. The molecule has 0 unspecified atom stereocenters. The van der Waals surface area contributed by atoms with Crippen LogP contribution >= 0.6 is 15.9 Å². The smallest absolute Gasteiger partial charge is 0.175 e. The molecule has 0 saturated heterocycles. The number of nitrogens with zero attached hydrogens (tertiary/aromatic N) is 1. The quantitative estimate of drug-likeness (QED) is 0.916. The van der Waals surface area contributed by atoms with Crippen molar-refractivity contribution in [3.63, 3.8) is 0 Å². The number of benzene rings is 1. The van der Waals surface area contributed by atoms with Crippen LogP contribution in [-0.4, -0.2) is 11.6 Å². The highest BCUT2D eigenvalue weighted by Crippen LogP contribution is 2.35. The molecule has 0 atom stereocenters. The van der Waals surface area contributed by atoms with Gasteiger partial charge in [-0.15, -0.1) is 0 Å². The predicted octanol–water partition coefficient (Wildman–Crippen LogP) is 3.40. The van der Waals surface area contributed by atoms with Gasteiger partial charge in [-0.05, 0) is 41.1 Å². The molecular formula is C14H15BrN2O2. The number of pyridine rings is 1. The van der Waals surface area contributed by atoms with Gasteiger partial charge >= 0.3 is 0 Å². The molecule has 4 nitrogen and oxygen atoms in total. The largest absolute Gasteiger partial charge is 0.490 e. The number of halogens is 1. The average molecular weight is 323 g/mol. The van der Waals surface area contributed by atoms with Crippen molar-refractivity contribution in [1.29, 1.82) is 0 Å². The Labute approximate surface area is 120 Å². The van der Waals surface area contributed by atoms with Crippen LogP contribution in [0.5, 0.6) is 11.5 Å². The van der Waals surface area contributed by atoms with E-state index >= 15 is 0 Å². The average Bonchev–Trinajstić information content (AvgIpc) is 2.40. The Morgan fingerprint density at radius 1 is 1.21 bits per heavy atom. The van der Waals surface area contributed by atoms with Gasteiger partial charge in [-0.1, -0.05) is 12.1 Å². The number of nitrogens with two attached hydrogens (primary N) is 1. The summed E-state index contributed by atoms with van der Waals surface area (Å²) in [5, 5.41) is 0. The van der Waals surface area contributed by atoms with Crippen LogP contribution in [0.25, 0.3) is 0 Å². The van der Waals surface area contributed by atoms with Crippen molar-refractivity contribution in [3.05, 3.63) is 46.6 Å². The summed E-state index contributed by atoms with van der Waals surface area (Å²) in [6, 6.07) is 9.40. The van der Waals surface area contributed by atoms with Crippen molar-refractivity contribution >= 4 is 21.7 Å². The summed E-state index contributed by atoms with van der Waals surface area (Å²) in [4.78, 5) is 4.03. The fourth-order valence-corrected chi connectivity index (χ4v) is 2.08. The zero-order valence-corrected chi connectivity index (χ0v) is 12.2. The lowest BCUT2D eigenvalue weighted by molar-refractivity contribution is 0.268. The van der Waals surface area contributed by atoms with Gasteiger partial charge in [0.05, 0.1) is 11.1 Å². The maximum Gasteiger partial charge on any atom is 0.175 e. The molecular weight excluding hydrogens is 308 g/mol. The lowest BCUT2D eigenvalue weighted by atomic mass is 10.2. The Kier molecular flexibility index (Phi) is 4.63. The molecule has 0 radical (unpaired) electrons. The van der Waals surface area contributed by atoms with Crippen molar-refractivity contribution in [2.75, 3.05) is 12.3 Å². The van der Waals surface area contributed by atoms with E-state index in [1.807, 2.05) is 37.3 Å². The molecule has 0 fully saturated rings. The van der Waals surface area contributed by atoms with Gasteiger partial charge in [-0.3, -0.25) is 0 Å². The Balaban J connectivity index is 2.17. The molecule has 0 bridgehead atoms. The minimum Gasteiger partial charge on any atom is -0.490 e. The minimum absolute atomic E-state index is 0.350. The van der Waals surface area contributed by atoms with E-state index in [1.165, 1.54) is 0 Å². The topological polar surface area (TPSA) is 57.4 Å². The van der Waals surface area contributed by atoms with Crippen molar-refractivity contribution in [3.8, 4) is 11.5 Å². The first-order valence-electron chi connectivity index (χ1n) is 5.96. The molecule has 19 heavy (non-hydrogen) atoms. The third kappa shape index (κ3) is 3.38. The van der Waals surface area contributed by atoms with Gasteiger partial charge in [-0.2, -0.15) is 0 Å². The molecule has 0 aliphatic carbocycles. The van der Waals surface area contributed by atoms with Crippen LogP contribution < -0.4 is 15.2 Å². The van der Waals surface area contributed by atoms with Crippen LogP contribution in [0.4, 0.5) is 5.82 Å². The van der Waals surface area contributed by atoms with E-state index in [9.17, 15) is 0 Å². The van der Waals surface area contributed by atoms with E-state index in [2.05, 4.69) is 20.9 Å². The van der Waals surface area contributed by atoms with Crippen molar-refractivity contribution in [2.24, 2.45) is 0 Å². The number of nitrogen functional groups attached to an aromatic ring is 1. The molecule has 0 amide bonds. The Morgan fingerprint density at radius 3 is 2.79 bits per heavy atom. The predicted molar refractivity (Wildman–Crippen MR) is 78.3 cm³/mol. The first kappa shape index (κ1) is 13.7. The van der Waals surface area contributed by atoms with E-state index in [0.29, 0.717) is 30.5 Å². The molecule has 0 aliphatic rings. The van der Waals surface area contributed by atoms with Crippen molar-refractivity contribution in [1.82, 2.24) is 4.98 Å². The molecule has 1 heterocycles. The maximum atomic E-state index is 5.80. The normalized spacial score (nSPS) is 10.2. The van der Waals surface area contributed by atoms with Crippen molar-refractivity contribution < 1.29 is 9.47 Å². The fraction of sp³-hybridized carbons (Fsp3) is 0.214. The maximum absolute atomic E-state index is 5.80. The van der Waals surface area contributed by atoms with Crippen LogP contribution in [0.15, 0.2) is 41.0 Å². The van der Waals surface area contributed by atoms with Crippen LogP contribution in [0.2, 0.25) is 0 Å². The molecule has 0 spiro atoms. The van der Waals surface area contributed by atoms with Gasteiger partial charge < -0.3 is 15.2 Å². The van der Waals surface area contributed by atoms with E-state index in [0.717, 1.165) is 10.0 Å². The Hall–Kier alpha value is -1.75. The summed E-state index contributed by atoms with van der Waals surface area (Å²) in [5.41, 5.74) is 6.63. The lowest BCUT2D eigenvalue weighted by Crippen LogP contribution is -2.03. The van der Waals surface area contributed by atoms with Gasteiger partial charge in [0.15, 0.2) is 11.5 Å². The van der Waals surface area contributed by atoms with Gasteiger partial charge in [0, 0.05) is 11.8 Å². The summed E-state index contributed by atoms with van der Waals surface area (Å²) in [6.45, 7) is 2.87. The second kappa shape index (κ2) is 6.43. The Bertz CT molecular complexity index is 561. The lowest BCUT2D eigenvalue weighted by Gasteiger charge is -2.13. The van der Waals surface area contributed by atoms with E-state index in [1.54, 1.807) is 6.20 Å². The standard InChI is InChI=1S/C14H15BrN2O2/c1-2-18-12-7-3-6-11(15)13(12)19-9-10-5-4-8-17-14(10)16/h3-8H,2,9H2,1H3,(H2,16,17). The summed E-state index contributed by atoms with van der Waals surface area (Å²) in [6.07, 6.45) is 1.66. The molecule has 1 aromatic heterocycles. The highest BCUT2D eigenvalue weighted by molar-refractivity contribution is 9.10. The zero-order chi connectivity index (χ0) is 13.7. The summed E-state index contributed by atoms with van der Waals surface area (Å²) < 4.78 is 12.2. The second-order valence-corrected chi connectivity index (χ2v) is 4.69. The first-order valence-corrected chi connectivity index (χ1v) is 6.75. The number of ether oxygens (including phenoxy) is 2. The van der Waals surface area contributed by atoms with Crippen LogP contribution in [0.1, 0.15) is 12.5 Å². The summed E-state index contributed by atoms with van der Waals surface area (Å²) in [7, 11) is 0. The SMILES string of the molecule is CCOc1cccc(Br)c1OCc1cccnc1N. The monoisotopic (exact) mass is 322 g/mol. The number of hydrogen-bond donors (Lipinski definition) is 1. The number of aromatic nitrogens is 1. The second-order valence-electron chi connectivity index (χ2n) is 3.84. The molecule has 2 rings (SSSR count). The summed E-state index contributed by atoms with van der Waals surface area (Å²) in [5.74, 6) is 1.86. The molecule has 100 valence electrons. The van der Waals surface area contributed by atoms with Crippen LogP contribution in [0.3, 0.4) is 0 Å². The molecule has 0 aliphatic heterocycles. The third-order valence-corrected chi connectivity index (χ3v) is 3.15. The molecule has 2 N–H and O–H groups in total. The van der Waals surface area contributed by atoms with Crippen molar-refractivity contribution in [2.45, 2.75) is 13.5 Å². The number of para-hydroxylation sites is 1. The highest BCUT2D eigenvalue weighted by Gasteiger charge is 2.10. The third-order valence-electron chi connectivity index (χ3n) is 2.53. The van der Waals surface area contributed by atoms with E-state index < -0.39 is 0 Å². The van der Waals surface area contributed by atoms with Crippen LogP contribution in [-0.2, 0) is 6.61 Å². The Morgan fingerprint density at radius 2 is 2.05 bits per heavy atom. The number of anilines is 1. The van der Waals surface area contributed by atoms with E-state index in [-0.39, 0.29) is 0 Å². The molecule has 2 aromatic rings. The van der Waals surface area contributed by atoms with Crippen LogP contribution in [0, 0.1) is 0 Å². The summed E-state index contributed by atoms with van der Waals surface area (Å²) >= 11 is 3.46. The molecule has 0 saturated carbocycles. The zero-order valence-electron chi connectivity index (χ0n) is 10.6. The fourth-order valence-electron chi connectivity index (χ4n) is 1.62. The van der Waals surface area contributed by atoms with E-state index in [4.69, 9.17) is 15.2 Å². The first-order chi connectivity index (χ1) is 9.22.